The van der Waals surface area contributed by atoms with Gasteiger partial charge in [-0.1, -0.05) is 0 Å². The number of halogens is 2. The number of nitrogens with one attached hydrogen (secondary N) is 2. The van der Waals surface area contributed by atoms with Gasteiger partial charge in [-0.2, -0.15) is 9.61 Å². The van der Waals surface area contributed by atoms with Gasteiger partial charge in [0.2, 0.25) is 5.92 Å². The van der Waals surface area contributed by atoms with Crippen LogP contribution in [0.3, 0.4) is 0 Å². The molecular weight excluding hydrogens is 448 g/mol. The summed E-state index contributed by atoms with van der Waals surface area (Å²) in [5.41, 5.74) is 6.13. The number of nitrogens with two attached hydrogens (primary N) is 1. The average Bonchev–Trinajstić information content (AvgIpc) is 3.24. The number of pyridine rings is 1. The van der Waals surface area contributed by atoms with E-state index in [4.69, 9.17) is 10.5 Å². The maximum atomic E-state index is 12.9. The van der Waals surface area contributed by atoms with Crippen molar-refractivity contribution in [2.24, 2.45) is 5.73 Å². The minimum atomic E-state index is -2.28. The molecule has 0 radical (unpaired) electrons. The third-order valence-corrected chi connectivity index (χ3v) is 5.85. The van der Waals surface area contributed by atoms with Gasteiger partial charge in [0.05, 0.1) is 18.8 Å². The summed E-state index contributed by atoms with van der Waals surface area (Å²) in [6.07, 6.45) is 5.91. The quantitative estimate of drug-likeness (QED) is 0.518. The van der Waals surface area contributed by atoms with Crippen LogP contribution >= 0.6 is 0 Å². The number of alkyl halides is 2. The van der Waals surface area contributed by atoms with Crippen molar-refractivity contribution in [1.29, 1.82) is 0 Å². The van der Waals surface area contributed by atoms with Crippen LogP contribution in [0.2, 0.25) is 0 Å². The number of amides is 1. The molecule has 1 saturated carbocycles. The van der Waals surface area contributed by atoms with Crippen molar-refractivity contribution in [3.05, 3.63) is 46.5 Å². The lowest BCUT2D eigenvalue weighted by atomic mass is 9.95. The van der Waals surface area contributed by atoms with Crippen molar-refractivity contribution in [2.75, 3.05) is 30.9 Å². The second kappa shape index (κ2) is 9.75. The summed E-state index contributed by atoms with van der Waals surface area (Å²) in [4.78, 5) is 29.0. The van der Waals surface area contributed by atoms with E-state index in [2.05, 4.69) is 20.7 Å². The number of aromatic nitrogens is 4. The van der Waals surface area contributed by atoms with Crippen molar-refractivity contribution in [1.82, 2.24) is 19.2 Å². The van der Waals surface area contributed by atoms with E-state index in [1.807, 2.05) is 6.07 Å². The lowest BCUT2D eigenvalue weighted by Crippen LogP contribution is -2.31. The number of ether oxygens (including phenoxy) is 1. The number of fused-ring (bicyclic) bond motifs is 1. The molecular formula is C22H27F2N7O3. The largest absolute Gasteiger partial charge is 0.379 e. The summed E-state index contributed by atoms with van der Waals surface area (Å²) in [5.74, 6) is -1.91. The van der Waals surface area contributed by atoms with Gasteiger partial charge in [0.25, 0.3) is 11.5 Å². The van der Waals surface area contributed by atoms with Gasteiger partial charge in [-0.15, -0.1) is 0 Å². The number of anilines is 3. The first-order valence-corrected chi connectivity index (χ1v) is 11.1. The molecule has 4 heterocycles. The van der Waals surface area contributed by atoms with Crippen LogP contribution in [0.5, 0.6) is 0 Å². The highest BCUT2D eigenvalue weighted by Gasteiger charge is 2.36. The van der Waals surface area contributed by atoms with Crippen molar-refractivity contribution >= 4 is 28.9 Å². The molecule has 0 spiro atoms. The van der Waals surface area contributed by atoms with E-state index in [1.165, 1.54) is 10.7 Å². The van der Waals surface area contributed by atoms with Gasteiger partial charge in [-0.25, -0.2) is 13.8 Å². The molecule has 34 heavy (non-hydrogen) atoms. The fourth-order valence-electron chi connectivity index (χ4n) is 3.80. The van der Waals surface area contributed by atoms with E-state index < -0.39 is 11.8 Å². The second-order valence-electron chi connectivity index (χ2n) is 8.27. The van der Waals surface area contributed by atoms with Gasteiger partial charge in [0.15, 0.2) is 5.65 Å². The van der Waals surface area contributed by atoms with Gasteiger partial charge >= 0.3 is 0 Å². The maximum absolute atomic E-state index is 12.9. The minimum Gasteiger partial charge on any atom is -0.379 e. The Labute approximate surface area is 194 Å². The number of nitrogens with zero attached hydrogens (tertiary/aromatic N) is 4. The summed E-state index contributed by atoms with van der Waals surface area (Å²) in [6, 6.07) is 5.22. The molecule has 3 aromatic rings. The highest BCUT2D eigenvalue weighted by Crippen LogP contribution is 2.36. The molecule has 1 saturated heterocycles. The minimum absolute atomic E-state index is 0.0163. The molecule has 0 aromatic carbocycles. The smallest absolute Gasteiger partial charge is 0.274 e. The highest BCUT2D eigenvalue weighted by molar-refractivity contribution is 5.98. The van der Waals surface area contributed by atoms with E-state index in [0.29, 0.717) is 36.0 Å². The topological polar surface area (TPSA) is 129 Å². The van der Waals surface area contributed by atoms with Crippen molar-refractivity contribution < 1.29 is 18.3 Å². The second-order valence-corrected chi connectivity index (χ2v) is 8.27. The Morgan fingerprint density at radius 1 is 1.32 bits per heavy atom. The zero-order valence-electron chi connectivity index (χ0n) is 18.8. The first-order valence-electron chi connectivity index (χ1n) is 11.1. The predicted molar refractivity (Wildman–Crippen MR) is 123 cm³/mol. The molecule has 1 atom stereocenters. The van der Waals surface area contributed by atoms with E-state index in [9.17, 15) is 18.4 Å². The zero-order valence-corrected chi connectivity index (χ0v) is 18.8. The molecule has 5 rings (SSSR count). The molecule has 182 valence electrons. The molecule has 0 bridgehead atoms. The van der Waals surface area contributed by atoms with Crippen LogP contribution in [0.15, 0.2) is 35.4 Å². The molecule has 0 unspecified atom stereocenters. The monoisotopic (exact) mass is 475 g/mol. The van der Waals surface area contributed by atoms with Gasteiger partial charge in [0, 0.05) is 38.8 Å². The fourth-order valence-corrected chi connectivity index (χ4v) is 3.80. The number of rotatable bonds is 5. The van der Waals surface area contributed by atoms with Crippen molar-refractivity contribution in [3.63, 3.8) is 0 Å². The standard InChI is InChI=1S/C18H21N7O3.C4H6F2/c1-20-15-8-14(23-17-12(16(19)26)9-21-25(15)17)22-13-5-2-6-24(18(13)27)11-4-3-7-28-10-11;5-4(6)2-1-3-4/h2,5-6,8-9,11,20H,3-4,7,10H2,1H3,(H2,19,26)(H,22,23);1-3H2/t11-;/m0./s1. The highest BCUT2D eigenvalue weighted by atomic mass is 19.3. The summed E-state index contributed by atoms with van der Waals surface area (Å²) in [5, 5.41) is 10.2. The number of carbonyl (C=O) groups is 1. The Kier molecular flexibility index (Phi) is 6.77. The Hall–Kier alpha value is -3.54. The van der Waals surface area contributed by atoms with Crippen LogP contribution in [0.4, 0.5) is 26.1 Å². The summed E-state index contributed by atoms with van der Waals surface area (Å²) < 4.78 is 31.7. The molecule has 3 aromatic heterocycles. The van der Waals surface area contributed by atoms with Crippen LogP contribution in [0, 0.1) is 0 Å². The van der Waals surface area contributed by atoms with Crippen molar-refractivity contribution in [3.8, 4) is 0 Å². The Bertz CT molecular complexity index is 1230. The third-order valence-electron chi connectivity index (χ3n) is 5.85. The number of hydrogen-bond acceptors (Lipinski definition) is 7. The third kappa shape index (κ3) is 5.01. The molecule has 2 fully saturated rings. The first kappa shape index (κ1) is 23.6. The molecule has 4 N–H and O–H groups in total. The van der Waals surface area contributed by atoms with E-state index in [1.54, 1.807) is 29.9 Å². The maximum Gasteiger partial charge on any atom is 0.274 e. The van der Waals surface area contributed by atoms with Crippen LogP contribution in [-0.2, 0) is 4.74 Å². The molecule has 12 heteroatoms. The van der Waals surface area contributed by atoms with E-state index >= 15 is 0 Å². The number of hydrogen-bond donors (Lipinski definition) is 3. The van der Waals surface area contributed by atoms with Crippen LogP contribution in [0.1, 0.15) is 48.5 Å². The lowest BCUT2D eigenvalue weighted by molar-refractivity contribution is -0.0717. The fraction of sp³-hybridized carbons (Fsp3) is 0.455. The number of primary amides is 1. The van der Waals surface area contributed by atoms with Gasteiger partial charge in [-0.05, 0) is 31.4 Å². The molecule has 1 aliphatic heterocycles. The van der Waals surface area contributed by atoms with Crippen LogP contribution in [-0.4, -0.2) is 51.3 Å². The Morgan fingerprint density at radius 3 is 2.68 bits per heavy atom. The zero-order chi connectivity index (χ0) is 24.3. The van der Waals surface area contributed by atoms with Gasteiger partial charge in [-0.3, -0.25) is 9.59 Å². The van der Waals surface area contributed by atoms with Crippen LogP contribution in [0.25, 0.3) is 5.65 Å². The molecule has 10 nitrogen and oxygen atoms in total. The Balaban J connectivity index is 0.000000398. The lowest BCUT2D eigenvalue weighted by Gasteiger charge is -2.24. The van der Waals surface area contributed by atoms with E-state index in [-0.39, 0.29) is 30.0 Å². The Morgan fingerprint density at radius 2 is 2.09 bits per heavy atom. The van der Waals surface area contributed by atoms with Crippen molar-refractivity contribution in [2.45, 2.75) is 44.1 Å². The van der Waals surface area contributed by atoms with Gasteiger partial charge < -0.3 is 25.7 Å². The summed E-state index contributed by atoms with van der Waals surface area (Å²) in [6.45, 7) is 1.25. The summed E-state index contributed by atoms with van der Waals surface area (Å²) in [7, 11) is 1.72. The van der Waals surface area contributed by atoms with Crippen LogP contribution < -0.4 is 21.9 Å². The molecule has 2 aliphatic rings. The SMILES string of the molecule is CNc1cc(Nc2cccn([C@H]3CCCOC3)c2=O)nc2c(C(N)=O)cnn12.FC1(F)CCC1. The average molecular weight is 476 g/mol. The predicted octanol–water partition coefficient (Wildman–Crippen LogP) is 2.93. The normalized spacial score (nSPS) is 19.0. The number of carbonyl (C=O) groups excluding carboxylic acids is 1. The molecule has 1 aliphatic carbocycles. The summed E-state index contributed by atoms with van der Waals surface area (Å²) >= 11 is 0. The van der Waals surface area contributed by atoms with E-state index in [0.717, 1.165) is 19.4 Å². The first-order chi connectivity index (χ1) is 16.3. The van der Waals surface area contributed by atoms with Gasteiger partial charge in [0.1, 0.15) is 22.9 Å². The molecule has 1 amide bonds.